The molecule has 0 radical (unpaired) electrons. The predicted octanol–water partition coefficient (Wildman–Crippen LogP) is 1.07. The first-order valence-corrected chi connectivity index (χ1v) is 6.82. The minimum atomic E-state index is -1.11. The standard InChI is InChI=1S/C13H26N2O3/c1-3-15(10-11-6-4-9-18-11)8-5-7-13(2,14)12(16)17/h11H,3-10,14H2,1-2H3,(H,16,17). The molecule has 0 aliphatic carbocycles. The highest BCUT2D eigenvalue weighted by atomic mass is 16.5. The van der Waals surface area contributed by atoms with Gasteiger partial charge in [-0.25, -0.2) is 0 Å². The molecule has 2 unspecified atom stereocenters. The molecule has 1 aliphatic heterocycles. The first-order chi connectivity index (χ1) is 8.45. The van der Waals surface area contributed by atoms with Crippen molar-refractivity contribution < 1.29 is 14.6 Å². The van der Waals surface area contributed by atoms with Gasteiger partial charge in [-0.05, 0) is 45.7 Å². The van der Waals surface area contributed by atoms with Gasteiger partial charge in [-0.3, -0.25) is 4.79 Å². The summed E-state index contributed by atoms with van der Waals surface area (Å²) in [7, 11) is 0. The van der Waals surface area contributed by atoms with Crippen LogP contribution in [0.2, 0.25) is 0 Å². The summed E-state index contributed by atoms with van der Waals surface area (Å²) in [4.78, 5) is 13.2. The van der Waals surface area contributed by atoms with Gasteiger partial charge >= 0.3 is 5.97 Å². The van der Waals surface area contributed by atoms with Crippen molar-refractivity contribution in [2.75, 3.05) is 26.2 Å². The SMILES string of the molecule is CCN(CCCC(C)(N)C(=O)O)CC1CCCO1. The van der Waals surface area contributed by atoms with Crippen LogP contribution in [0.1, 0.15) is 39.5 Å². The highest BCUT2D eigenvalue weighted by molar-refractivity contribution is 5.77. The van der Waals surface area contributed by atoms with Crippen molar-refractivity contribution >= 4 is 5.97 Å². The molecule has 0 saturated carbocycles. The fourth-order valence-electron chi connectivity index (χ4n) is 2.23. The fraction of sp³-hybridized carbons (Fsp3) is 0.923. The zero-order valence-electron chi connectivity index (χ0n) is 11.5. The van der Waals surface area contributed by atoms with Crippen LogP contribution in [0, 0.1) is 0 Å². The maximum absolute atomic E-state index is 10.9. The Morgan fingerprint density at radius 1 is 1.61 bits per heavy atom. The third kappa shape index (κ3) is 4.92. The van der Waals surface area contributed by atoms with Crippen LogP contribution in [-0.4, -0.2) is 53.9 Å². The van der Waals surface area contributed by atoms with Crippen molar-refractivity contribution in [3.63, 3.8) is 0 Å². The van der Waals surface area contributed by atoms with Gasteiger partial charge in [0.25, 0.3) is 0 Å². The molecular formula is C13H26N2O3. The van der Waals surface area contributed by atoms with Crippen LogP contribution >= 0.6 is 0 Å². The molecule has 0 aromatic rings. The normalized spacial score (nSPS) is 23.2. The van der Waals surface area contributed by atoms with Crippen LogP contribution in [0.3, 0.4) is 0 Å². The van der Waals surface area contributed by atoms with E-state index in [1.54, 1.807) is 6.92 Å². The first kappa shape index (κ1) is 15.4. The second-order valence-electron chi connectivity index (χ2n) is 5.35. The van der Waals surface area contributed by atoms with Crippen molar-refractivity contribution in [3.05, 3.63) is 0 Å². The summed E-state index contributed by atoms with van der Waals surface area (Å²) >= 11 is 0. The molecule has 0 amide bonds. The number of rotatable bonds is 8. The van der Waals surface area contributed by atoms with E-state index in [-0.39, 0.29) is 0 Å². The average molecular weight is 258 g/mol. The largest absolute Gasteiger partial charge is 0.480 e. The summed E-state index contributed by atoms with van der Waals surface area (Å²) in [5.41, 5.74) is 4.60. The summed E-state index contributed by atoms with van der Waals surface area (Å²) < 4.78 is 5.61. The zero-order chi connectivity index (χ0) is 13.6. The fourth-order valence-corrected chi connectivity index (χ4v) is 2.23. The smallest absolute Gasteiger partial charge is 0.323 e. The van der Waals surface area contributed by atoms with Crippen molar-refractivity contribution in [2.45, 2.75) is 51.2 Å². The van der Waals surface area contributed by atoms with Crippen LogP contribution in [0.5, 0.6) is 0 Å². The van der Waals surface area contributed by atoms with Gasteiger partial charge in [-0.2, -0.15) is 0 Å². The van der Waals surface area contributed by atoms with Gasteiger partial charge in [0.15, 0.2) is 0 Å². The summed E-state index contributed by atoms with van der Waals surface area (Å²) in [6, 6.07) is 0. The molecule has 0 aromatic carbocycles. The molecule has 5 heteroatoms. The van der Waals surface area contributed by atoms with E-state index in [9.17, 15) is 4.79 Å². The molecule has 3 N–H and O–H groups in total. The van der Waals surface area contributed by atoms with E-state index in [1.807, 2.05) is 0 Å². The lowest BCUT2D eigenvalue weighted by Crippen LogP contribution is -2.45. The van der Waals surface area contributed by atoms with E-state index in [2.05, 4.69) is 11.8 Å². The lowest BCUT2D eigenvalue weighted by molar-refractivity contribution is -0.143. The Bertz CT molecular complexity index is 263. The van der Waals surface area contributed by atoms with Crippen molar-refractivity contribution in [2.24, 2.45) is 5.73 Å². The number of likely N-dealkylation sites (N-methyl/N-ethyl adjacent to an activating group) is 1. The number of hydrogen-bond acceptors (Lipinski definition) is 4. The lowest BCUT2D eigenvalue weighted by Gasteiger charge is -2.25. The van der Waals surface area contributed by atoms with E-state index in [0.29, 0.717) is 12.5 Å². The lowest BCUT2D eigenvalue weighted by atomic mass is 9.97. The maximum atomic E-state index is 10.9. The van der Waals surface area contributed by atoms with E-state index < -0.39 is 11.5 Å². The summed E-state index contributed by atoms with van der Waals surface area (Å²) in [5, 5.41) is 8.93. The Balaban J connectivity index is 2.24. The van der Waals surface area contributed by atoms with E-state index >= 15 is 0 Å². The number of nitrogens with two attached hydrogens (primary N) is 1. The minimum Gasteiger partial charge on any atom is -0.480 e. The quantitative estimate of drug-likeness (QED) is 0.681. The van der Waals surface area contributed by atoms with Gasteiger partial charge in [-0.1, -0.05) is 6.92 Å². The minimum absolute atomic E-state index is 0.355. The van der Waals surface area contributed by atoms with Gasteiger partial charge < -0.3 is 20.5 Å². The Labute approximate surface area is 109 Å². The van der Waals surface area contributed by atoms with Crippen LogP contribution in [0.15, 0.2) is 0 Å². The molecule has 106 valence electrons. The summed E-state index contributed by atoms with van der Waals surface area (Å²) in [6.45, 7) is 7.37. The van der Waals surface area contributed by atoms with Crippen LogP contribution in [-0.2, 0) is 9.53 Å². The molecule has 1 heterocycles. The number of carbonyl (C=O) groups is 1. The third-order valence-electron chi connectivity index (χ3n) is 3.59. The van der Waals surface area contributed by atoms with Crippen LogP contribution < -0.4 is 5.73 Å². The Hall–Kier alpha value is -0.650. The first-order valence-electron chi connectivity index (χ1n) is 6.82. The van der Waals surface area contributed by atoms with Crippen molar-refractivity contribution in [1.82, 2.24) is 4.90 Å². The second kappa shape index (κ2) is 7.07. The number of carboxylic acid groups (broad SMARTS) is 1. The highest BCUT2D eigenvalue weighted by Gasteiger charge is 2.27. The van der Waals surface area contributed by atoms with E-state index in [0.717, 1.165) is 45.5 Å². The molecule has 0 aromatic heterocycles. The van der Waals surface area contributed by atoms with E-state index in [4.69, 9.17) is 15.6 Å². The molecule has 1 aliphatic rings. The van der Waals surface area contributed by atoms with Gasteiger partial charge in [0.1, 0.15) is 5.54 Å². The number of ether oxygens (including phenoxy) is 1. The predicted molar refractivity (Wildman–Crippen MR) is 70.6 cm³/mol. The average Bonchev–Trinajstić information content (AvgIpc) is 2.80. The van der Waals surface area contributed by atoms with Gasteiger partial charge in [-0.15, -0.1) is 0 Å². The molecule has 1 rings (SSSR count). The Morgan fingerprint density at radius 2 is 2.33 bits per heavy atom. The molecule has 2 atom stereocenters. The van der Waals surface area contributed by atoms with Crippen LogP contribution in [0.25, 0.3) is 0 Å². The summed E-state index contributed by atoms with van der Waals surface area (Å²) in [5.74, 6) is -0.926. The number of hydrogen-bond donors (Lipinski definition) is 2. The van der Waals surface area contributed by atoms with Gasteiger partial charge in [0.05, 0.1) is 6.10 Å². The summed E-state index contributed by atoms with van der Waals surface area (Å²) in [6.07, 6.45) is 3.96. The molecular weight excluding hydrogens is 232 g/mol. The second-order valence-corrected chi connectivity index (χ2v) is 5.35. The molecule has 0 bridgehead atoms. The monoisotopic (exact) mass is 258 g/mol. The third-order valence-corrected chi connectivity index (χ3v) is 3.59. The Morgan fingerprint density at radius 3 is 2.83 bits per heavy atom. The number of aliphatic carboxylic acids is 1. The maximum Gasteiger partial charge on any atom is 0.323 e. The zero-order valence-corrected chi connectivity index (χ0v) is 11.5. The topological polar surface area (TPSA) is 75.8 Å². The Kier molecular flexibility index (Phi) is 6.05. The van der Waals surface area contributed by atoms with Crippen molar-refractivity contribution in [3.8, 4) is 0 Å². The molecule has 0 spiro atoms. The number of nitrogens with zero attached hydrogens (tertiary/aromatic N) is 1. The molecule has 18 heavy (non-hydrogen) atoms. The molecule has 5 nitrogen and oxygen atoms in total. The van der Waals surface area contributed by atoms with Gasteiger partial charge in [0.2, 0.25) is 0 Å². The molecule has 1 fully saturated rings. The number of carboxylic acids is 1. The van der Waals surface area contributed by atoms with E-state index in [1.165, 1.54) is 0 Å². The highest BCUT2D eigenvalue weighted by Crippen LogP contribution is 2.14. The molecule has 1 saturated heterocycles. The van der Waals surface area contributed by atoms with Gasteiger partial charge in [0, 0.05) is 13.2 Å². The van der Waals surface area contributed by atoms with Crippen molar-refractivity contribution in [1.29, 1.82) is 0 Å². The van der Waals surface area contributed by atoms with Crippen LogP contribution in [0.4, 0.5) is 0 Å².